The summed E-state index contributed by atoms with van der Waals surface area (Å²) in [6, 6.07) is 6.76. The zero-order chi connectivity index (χ0) is 26.2. The third-order valence-electron chi connectivity index (χ3n) is 5.26. The first-order valence-corrected chi connectivity index (χ1v) is 9.91. The van der Waals surface area contributed by atoms with Gasteiger partial charge in [-0.1, -0.05) is 13.0 Å². The van der Waals surface area contributed by atoms with Gasteiger partial charge in [-0.25, -0.2) is 14.1 Å². The largest absolute Gasteiger partial charge is 0.435 e. The summed E-state index contributed by atoms with van der Waals surface area (Å²) in [7, 11) is 0. The molecule has 0 aliphatic rings. The fraction of sp³-hybridized carbons (Fsp3) is 0.273. The second kappa shape index (κ2) is 9.01. The van der Waals surface area contributed by atoms with Gasteiger partial charge in [-0.2, -0.15) is 36.7 Å². The lowest BCUT2D eigenvalue weighted by Crippen LogP contribution is -2.50. The molecule has 184 valence electrons. The standard InChI is InChI=1S/C22H16F7N5O/c1-3-13-7-16(20(23,21(24,25)26)22(27,28)29)6-12(2)18(13)33-19(35)14-4-5-15(9-30)17(8-14)34-11-31-10-32-34/h4-8,10-11H,3H2,1-2H3,(H,33,35). The molecule has 1 amide bonds. The van der Waals surface area contributed by atoms with Crippen molar-refractivity contribution in [2.24, 2.45) is 0 Å². The molecule has 0 saturated heterocycles. The predicted molar refractivity (Wildman–Crippen MR) is 109 cm³/mol. The molecule has 0 unspecified atom stereocenters. The molecule has 1 N–H and O–H groups in total. The maximum absolute atomic E-state index is 14.6. The van der Waals surface area contributed by atoms with Crippen LogP contribution in [-0.4, -0.2) is 33.0 Å². The van der Waals surface area contributed by atoms with E-state index in [0.29, 0.717) is 12.1 Å². The van der Waals surface area contributed by atoms with Crippen LogP contribution < -0.4 is 5.32 Å². The van der Waals surface area contributed by atoms with E-state index in [1.165, 1.54) is 42.5 Å². The molecule has 0 atom stereocenters. The number of hydrogen-bond acceptors (Lipinski definition) is 4. The highest BCUT2D eigenvalue weighted by molar-refractivity contribution is 6.05. The lowest BCUT2D eigenvalue weighted by atomic mass is 9.89. The number of nitrogens with zero attached hydrogens (tertiary/aromatic N) is 4. The number of rotatable bonds is 5. The summed E-state index contributed by atoms with van der Waals surface area (Å²) in [5, 5.41) is 15.6. The predicted octanol–water partition coefficient (Wildman–Crippen LogP) is 5.55. The first kappa shape index (κ1) is 25.7. The Kier molecular flexibility index (Phi) is 6.61. The number of halogens is 7. The summed E-state index contributed by atoms with van der Waals surface area (Å²) in [4.78, 5) is 16.6. The van der Waals surface area contributed by atoms with E-state index in [1.54, 1.807) is 0 Å². The Morgan fingerprint density at radius 1 is 1.09 bits per heavy atom. The topological polar surface area (TPSA) is 83.6 Å². The molecule has 0 aliphatic heterocycles. The molecule has 35 heavy (non-hydrogen) atoms. The van der Waals surface area contributed by atoms with Crippen LogP contribution >= 0.6 is 0 Å². The highest BCUT2D eigenvalue weighted by atomic mass is 19.4. The number of carbonyl (C=O) groups excluding carboxylic acids is 1. The Bertz CT molecular complexity index is 1280. The van der Waals surface area contributed by atoms with E-state index in [2.05, 4.69) is 15.4 Å². The van der Waals surface area contributed by atoms with Crippen molar-refractivity contribution >= 4 is 11.6 Å². The van der Waals surface area contributed by atoms with Crippen LogP contribution in [0, 0.1) is 18.3 Å². The molecule has 1 aromatic heterocycles. The van der Waals surface area contributed by atoms with Gasteiger partial charge in [0.15, 0.2) is 0 Å². The third-order valence-corrected chi connectivity index (χ3v) is 5.26. The first-order valence-electron chi connectivity index (χ1n) is 9.91. The molecule has 0 spiro atoms. The number of aromatic nitrogens is 3. The van der Waals surface area contributed by atoms with Crippen molar-refractivity contribution in [3.63, 3.8) is 0 Å². The molecule has 3 aromatic rings. The van der Waals surface area contributed by atoms with Crippen LogP contribution in [0.5, 0.6) is 0 Å². The van der Waals surface area contributed by atoms with Crippen molar-refractivity contribution in [1.29, 1.82) is 5.26 Å². The van der Waals surface area contributed by atoms with Gasteiger partial charge in [0, 0.05) is 16.8 Å². The fourth-order valence-electron chi connectivity index (χ4n) is 3.48. The van der Waals surface area contributed by atoms with Crippen LogP contribution in [-0.2, 0) is 12.1 Å². The summed E-state index contributed by atoms with van der Waals surface area (Å²) in [6.07, 6.45) is -10.1. The van der Waals surface area contributed by atoms with Gasteiger partial charge in [0.05, 0.1) is 11.3 Å². The van der Waals surface area contributed by atoms with E-state index in [0.717, 1.165) is 6.92 Å². The van der Waals surface area contributed by atoms with Gasteiger partial charge in [0.1, 0.15) is 18.7 Å². The minimum Gasteiger partial charge on any atom is -0.321 e. The number of hydrogen-bond donors (Lipinski definition) is 1. The Morgan fingerprint density at radius 3 is 2.26 bits per heavy atom. The number of aryl methyl sites for hydroxylation is 2. The molecule has 1 heterocycles. The molecule has 6 nitrogen and oxygen atoms in total. The van der Waals surface area contributed by atoms with Crippen LogP contribution in [0.2, 0.25) is 0 Å². The molecule has 0 radical (unpaired) electrons. The van der Waals surface area contributed by atoms with Crippen LogP contribution in [0.15, 0.2) is 43.0 Å². The highest BCUT2D eigenvalue weighted by Gasteiger charge is 2.73. The zero-order valence-electron chi connectivity index (χ0n) is 18.1. The number of anilines is 1. The molecule has 13 heteroatoms. The van der Waals surface area contributed by atoms with Gasteiger partial charge < -0.3 is 5.32 Å². The monoisotopic (exact) mass is 499 g/mol. The lowest BCUT2D eigenvalue weighted by Gasteiger charge is -2.31. The number of carbonyl (C=O) groups is 1. The maximum Gasteiger partial charge on any atom is 0.435 e. The average molecular weight is 499 g/mol. The first-order chi connectivity index (χ1) is 16.2. The Hall–Kier alpha value is -3.95. The minimum absolute atomic E-state index is 0.0189. The minimum atomic E-state index is -6.26. The second-order valence-electron chi connectivity index (χ2n) is 7.47. The fourth-order valence-corrected chi connectivity index (χ4v) is 3.48. The maximum atomic E-state index is 14.6. The molecule has 3 rings (SSSR count). The van der Waals surface area contributed by atoms with Crippen LogP contribution in [0.1, 0.15) is 39.5 Å². The SMILES string of the molecule is CCc1cc(C(F)(C(F)(F)F)C(F)(F)F)cc(C)c1NC(=O)c1ccc(C#N)c(-n2cncn2)c1. The number of amides is 1. The third kappa shape index (κ3) is 4.55. The summed E-state index contributed by atoms with van der Waals surface area (Å²) in [5.74, 6) is -0.764. The van der Waals surface area contributed by atoms with E-state index < -0.39 is 29.5 Å². The Balaban J connectivity index is 2.04. The van der Waals surface area contributed by atoms with Gasteiger partial charge in [-0.05, 0) is 48.7 Å². The molecule has 0 aliphatic carbocycles. The van der Waals surface area contributed by atoms with Crippen molar-refractivity contribution in [2.45, 2.75) is 38.3 Å². The van der Waals surface area contributed by atoms with Crippen molar-refractivity contribution < 1.29 is 35.5 Å². The zero-order valence-corrected chi connectivity index (χ0v) is 18.1. The van der Waals surface area contributed by atoms with E-state index in [9.17, 15) is 40.8 Å². The second-order valence-corrected chi connectivity index (χ2v) is 7.47. The highest BCUT2D eigenvalue weighted by Crippen LogP contribution is 2.53. The summed E-state index contributed by atoms with van der Waals surface area (Å²) < 4.78 is 95.0. The molecule has 0 fully saturated rings. The van der Waals surface area contributed by atoms with Crippen LogP contribution in [0.25, 0.3) is 5.69 Å². The van der Waals surface area contributed by atoms with Crippen LogP contribution in [0.3, 0.4) is 0 Å². The normalized spacial score (nSPS) is 12.3. The van der Waals surface area contributed by atoms with Gasteiger partial charge in [0.2, 0.25) is 0 Å². The van der Waals surface area contributed by atoms with Crippen LogP contribution in [0.4, 0.5) is 36.4 Å². The van der Waals surface area contributed by atoms with Crippen molar-refractivity contribution in [2.75, 3.05) is 5.32 Å². The molecule has 0 saturated carbocycles. The number of benzene rings is 2. The Labute approximate surface area is 194 Å². The van der Waals surface area contributed by atoms with Gasteiger partial charge in [-0.3, -0.25) is 4.79 Å². The number of alkyl halides is 7. The molecular weight excluding hydrogens is 483 g/mol. The molecule has 0 bridgehead atoms. The summed E-state index contributed by atoms with van der Waals surface area (Å²) in [5.41, 5.74) is -7.20. The van der Waals surface area contributed by atoms with E-state index in [4.69, 9.17) is 0 Å². The van der Waals surface area contributed by atoms with Gasteiger partial charge in [-0.15, -0.1) is 0 Å². The smallest absolute Gasteiger partial charge is 0.321 e. The number of nitriles is 1. The average Bonchev–Trinajstić information content (AvgIpc) is 3.32. The summed E-state index contributed by atoms with van der Waals surface area (Å²) in [6.45, 7) is 2.59. The van der Waals surface area contributed by atoms with Crippen molar-refractivity contribution in [1.82, 2.24) is 14.8 Å². The number of nitrogens with one attached hydrogen (secondary N) is 1. The summed E-state index contributed by atoms with van der Waals surface area (Å²) >= 11 is 0. The Morgan fingerprint density at radius 2 is 1.74 bits per heavy atom. The van der Waals surface area contributed by atoms with E-state index in [-0.39, 0.29) is 40.0 Å². The van der Waals surface area contributed by atoms with Gasteiger partial charge in [0.25, 0.3) is 5.91 Å². The quantitative estimate of drug-likeness (QED) is 0.467. The molecular formula is C22H16F7N5O. The van der Waals surface area contributed by atoms with Crippen molar-refractivity contribution in [3.05, 3.63) is 70.8 Å². The molecule has 2 aromatic carbocycles. The van der Waals surface area contributed by atoms with E-state index in [1.807, 2.05) is 6.07 Å². The lowest BCUT2D eigenvalue weighted by molar-refractivity contribution is -0.348. The van der Waals surface area contributed by atoms with Gasteiger partial charge >= 0.3 is 18.0 Å². The van der Waals surface area contributed by atoms with E-state index >= 15 is 0 Å². The van der Waals surface area contributed by atoms with Crippen molar-refractivity contribution in [3.8, 4) is 11.8 Å².